The lowest BCUT2D eigenvalue weighted by Crippen LogP contribution is -2.54. The van der Waals surface area contributed by atoms with Crippen molar-refractivity contribution in [1.29, 1.82) is 0 Å². The molecule has 0 bridgehead atoms. The standard InChI is InChI=1S/C9H15IN4S/c1-5(2)14-8(3,11)7-6(4-12-13-7)9(14,10)15/h4-5,15H,11H2,1-3H3,(H,12,13). The Bertz CT molecular complexity index is 355. The lowest BCUT2D eigenvalue weighted by Gasteiger charge is -2.41. The van der Waals surface area contributed by atoms with Gasteiger partial charge in [-0.15, -0.1) is 12.6 Å². The number of alkyl halides is 1. The van der Waals surface area contributed by atoms with E-state index in [-0.39, 0.29) is 0 Å². The van der Waals surface area contributed by atoms with Crippen molar-refractivity contribution in [3.63, 3.8) is 0 Å². The molecular weight excluding hydrogens is 323 g/mol. The highest BCUT2D eigenvalue weighted by Gasteiger charge is 2.54. The predicted molar refractivity (Wildman–Crippen MR) is 71.8 cm³/mol. The van der Waals surface area contributed by atoms with E-state index in [0.717, 1.165) is 11.3 Å². The Morgan fingerprint density at radius 2 is 2.27 bits per heavy atom. The quantitative estimate of drug-likeness (QED) is 0.316. The summed E-state index contributed by atoms with van der Waals surface area (Å²) in [5, 5.41) is 7.02. The Labute approximate surface area is 109 Å². The van der Waals surface area contributed by atoms with Crippen LogP contribution in [0.25, 0.3) is 0 Å². The number of aromatic nitrogens is 2. The fourth-order valence-corrected chi connectivity index (χ4v) is 4.43. The van der Waals surface area contributed by atoms with Crippen molar-refractivity contribution in [1.82, 2.24) is 15.1 Å². The molecule has 0 aliphatic carbocycles. The molecule has 0 saturated heterocycles. The Morgan fingerprint density at radius 1 is 1.67 bits per heavy atom. The molecule has 15 heavy (non-hydrogen) atoms. The summed E-state index contributed by atoms with van der Waals surface area (Å²) in [7, 11) is 0. The lowest BCUT2D eigenvalue weighted by molar-refractivity contribution is 0.0738. The Hall–Kier alpha value is 0.210. The van der Waals surface area contributed by atoms with Crippen LogP contribution in [0, 0.1) is 0 Å². The minimum atomic E-state index is -0.539. The molecule has 1 aliphatic heterocycles. The number of hydrogen-bond acceptors (Lipinski definition) is 4. The number of halogens is 1. The van der Waals surface area contributed by atoms with Crippen molar-refractivity contribution in [2.75, 3.05) is 0 Å². The highest BCUT2D eigenvalue weighted by Crippen LogP contribution is 2.53. The van der Waals surface area contributed by atoms with Crippen LogP contribution in [0.1, 0.15) is 32.0 Å². The minimum Gasteiger partial charge on any atom is -0.308 e. The largest absolute Gasteiger partial charge is 0.308 e. The average Bonchev–Trinajstić information content (AvgIpc) is 2.52. The first-order chi connectivity index (χ1) is 6.79. The first-order valence-corrected chi connectivity index (χ1v) is 6.36. The molecule has 84 valence electrons. The Kier molecular flexibility index (Phi) is 2.61. The fraction of sp³-hybridized carbons (Fsp3) is 0.667. The van der Waals surface area contributed by atoms with E-state index in [1.54, 1.807) is 0 Å². The maximum atomic E-state index is 6.36. The van der Waals surface area contributed by atoms with Crippen molar-refractivity contribution in [2.24, 2.45) is 5.73 Å². The van der Waals surface area contributed by atoms with Crippen LogP contribution in [-0.2, 0) is 8.54 Å². The van der Waals surface area contributed by atoms with Gasteiger partial charge in [-0.2, -0.15) is 5.10 Å². The van der Waals surface area contributed by atoms with E-state index in [0.29, 0.717) is 6.04 Å². The van der Waals surface area contributed by atoms with E-state index in [1.165, 1.54) is 0 Å². The molecule has 0 saturated carbocycles. The van der Waals surface area contributed by atoms with Gasteiger partial charge in [0.05, 0.1) is 11.9 Å². The van der Waals surface area contributed by atoms with Gasteiger partial charge in [-0.25, -0.2) is 0 Å². The molecule has 1 aromatic heterocycles. The summed E-state index contributed by atoms with van der Waals surface area (Å²) in [6.45, 7) is 6.22. The number of H-pyrrole nitrogens is 1. The third-order valence-corrected chi connectivity index (χ3v) is 4.38. The molecule has 4 nitrogen and oxygen atoms in total. The fourth-order valence-electron chi connectivity index (χ4n) is 2.35. The van der Waals surface area contributed by atoms with Gasteiger partial charge in [0.25, 0.3) is 0 Å². The van der Waals surface area contributed by atoms with E-state index in [4.69, 9.17) is 18.4 Å². The number of nitrogens with zero attached hydrogens (tertiary/aromatic N) is 2. The van der Waals surface area contributed by atoms with Crippen LogP contribution in [-0.4, -0.2) is 21.1 Å². The third-order valence-electron chi connectivity index (χ3n) is 2.82. The van der Waals surface area contributed by atoms with Crippen LogP contribution in [0.2, 0.25) is 0 Å². The summed E-state index contributed by atoms with van der Waals surface area (Å²) in [5.41, 5.74) is 7.84. The van der Waals surface area contributed by atoms with Gasteiger partial charge >= 0.3 is 0 Å². The molecule has 1 aliphatic rings. The topological polar surface area (TPSA) is 57.9 Å². The van der Waals surface area contributed by atoms with E-state index in [9.17, 15) is 0 Å². The van der Waals surface area contributed by atoms with E-state index >= 15 is 0 Å². The number of fused-ring (bicyclic) bond motifs is 1. The summed E-state index contributed by atoms with van der Waals surface area (Å²) in [6.07, 6.45) is 1.81. The zero-order valence-electron chi connectivity index (χ0n) is 8.95. The molecule has 2 atom stereocenters. The minimum absolute atomic E-state index is 0.315. The van der Waals surface area contributed by atoms with Gasteiger partial charge in [0.15, 0.2) is 0 Å². The van der Waals surface area contributed by atoms with Gasteiger partial charge < -0.3 is 5.73 Å². The molecule has 1 aromatic rings. The first kappa shape index (κ1) is 11.7. The maximum Gasteiger partial charge on any atom is 0.148 e. The summed E-state index contributed by atoms with van der Waals surface area (Å²) in [6, 6.07) is 0.315. The SMILES string of the molecule is CC(C)N1C(C)(N)c2[nH]ncc2C1(S)I. The summed E-state index contributed by atoms with van der Waals surface area (Å²) < 4.78 is -0.391. The van der Waals surface area contributed by atoms with Gasteiger partial charge in [0.2, 0.25) is 0 Å². The number of aromatic amines is 1. The van der Waals surface area contributed by atoms with Crippen molar-refractivity contribution in [3.8, 4) is 0 Å². The number of hydrogen-bond donors (Lipinski definition) is 3. The number of nitrogens with one attached hydrogen (secondary N) is 1. The van der Waals surface area contributed by atoms with Gasteiger partial charge in [-0.3, -0.25) is 10.00 Å². The number of thiol groups is 1. The molecule has 2 rings (SSSR count). The maximum absolute atomic E-state index is 6.36. The number of rotatable bonds is 1. The van der Waals surface area contributed by atoms with E-state index in [1.807, 2.05) is 13.1 Å². The van der Waals surface area contributed by atoms with Gasteiger partial charge in [0, 0.05) is 11.6 Å². The molecule has 0 spiro atoms. The smallest absolute Gasteiger partial charge is 0.148 e. The van der Waals surface area contributed by atoms with Gasteiger partial charge in [-0.05, 0) is 43.4 Å². The second kappa shape index (κ2) is 3.35. The molecule has 0 radical (unpaired) electrons. The average molecular weight is 338 g/mol. The normalized spacial score (nSPS) is 36.2. The highest BCUT2D eigenvalue weighted by atomic mass is 127. The van der Waals surface area contributed by atoms with E-state index < -0.39 is 8.54 Å². The monoisotopic (exact) mass is 338 g/mol. The summed E-state index contributed by atoms with van der Waals surface area (Å²) >= 11 is 7.02. The Balaban J connectivity index is 2.60. The third kappa shape index (κ3) is 1.45. The zero-order chi connectivity index (χ0) is 11.4. The molecule has 3 N–H and O–H groups in total. The second-order valence-corrected chi connectivity index (χ2v) is 7.42. The second-order valence-electron chi connectivity index (χ2n) is 4.36. The lowest BCUT2D eigenvalue weighted by atomic mass is 10.1. The molecule has 0 aromatic carbocycles. The van der Waals surface area contributed by atoms with Gasteiger partial charge in [0.1, 0.15) is 8.54 Å². The van der Waals surface area contributed by atoms with Crippen molar-refractivity contribution in [2.45, 2.75) is 35.4 Å². The van der Waals surface area contributed by atoms with Crippen molar-refractivity contribution in [3.05, 3.63) is 17.5 Å². The molecular formula is C9H15IN4S. The molecule has 6 heteroatoms. The van der Waals surface area contributed by atoms with Crippen LogP contribution in [0.15, 0.2) is 6.20 Å². The Morgan fingerprint density at radius 3 is 2.73 bits per heavy atom. The molecule has 2 heterocycles. The van der Waals surface area contributed by atoms with E-state index in [2.05, 4.69) is 51.5 Å². The van der Waals surface area contributed by atoms with Crippen LogP contribution in [0.3, 0.4) is 0 Å². The first-order valence-electron chi connectivity index (χ1n) is 4.83. The number of nitrogens with two attached hydrogens (primary N) is 1. The van der Waals surface area contributed by atoms with Gasteiger partial charge in [-0.1, -0.05) is 0 Å². The van der Waals surface area contributed by atoms with Crippen LogP contribution in [0.4, 0.5) is 0 Å². The molecule has 0 amide bonds. The predicted octanol–water partition coefficient (Wildman–Crippen LogP) is 1.74. The summed E-state index contributed by atoms with van der Waals surface area (Å²) in [5.74, 6) is 0. The van der Waals surface area contributed by atoms with Crippen LogP contribution < -0.4 is 5.73 Å². The van der Waals surface area contributed by atoms with Crippen LogP contribution >= 0.6 is 35.2 Å². The molecule has 0 fully saturated rings. The van der Waals surface area contributed by atoms with Crippen LogP contribution in [0.5, 0.6) is 0 Å². The highest BCUT2D eigenvalue weighted by molar-refractivity contribution is 14.1. The van der Waals surface area contributed by atoms with Crippen molar-refractivity contribution >= 4 is 35.2 Å². The zero-order valence-corrected chi connectivity index (χ0v) is 12.0. The molecule has 2 unspecified atom stereocenters. The summed E-state index contributed by atoms with van der Waals surface area (Å²) in [4.78, 5) is 2.17. The van der Waals surface area contributed by atoms with Crippen molar-refractivity contribution < 1.29 is 0 Å².